The van der Waals surface area contributed by atoms with Gasteiger partial charge in [-0.25, -0.2) is 0 Å². The first-order chi connectivity index (χ1) is 12.1. The molecule has 0 bridgehead atoms. The molecule has 0 aromatic rings. The Hall–Kier alpha value is -1.23. The molecule has 0 fully saturated rings. The lowest BCUT2D eigenvalue weighted by Gasteiger charge is -2.33. The summed E-state index contributed by atoms with van der Waals surface area (Å²) in [6.45, 7) is 4.31. The van der Waals surface area contributed by atoms with Gasteiger partial charge in [0.1, 0.15) is 5.41 Å². The number of carboxylic acid groups (broad SMARTS) is 2. The van der Waals surface area contributed by atoms with Gasteiger partial charge < -0.3 is 19.7 Å². The second-order valence-electron chi connectivity index (χ2n) is 6.13. The lowest BCUT2D eigenvalue weighted by molar-refractivity contribution is -0.158. The molecule has 0 saturated carbocycles. The highest BCUT2D eigenvalue weighted by Gasteiger charge is 2.55. The van der Waals surface area contributed by atoms with Crippen molar-refractivity contribution >= 4 is 22.1 Å². The van der Waals surface area contributed by atoms with Crippen LogP contribution in [0.5, 0.6) is 0 Å². The van der Waals surface area contributed by atoms with Gasteiger partial charge >= 0.3 is 11.9 Å². The van der Waals surface area contributed by atoms with E-state index >= 15 is 0 Å². The van der Waals surface area contributed by atoms with Gasteiger partial charge in [-0.15, -0.1) is 0 Å². The standard InChI is InChI=1S/C16H30O9S/c1-3-5-9-24-11-7-16(15(19)20,8-12-25-10-6-4-2)13(14(17)18)26(21,22)23/h13H,3-12H2,1-2H3,(H,17,18)(H,19,20)(H,21,22,23). The van der Waals surface area contributed by atoms with E-state index in [0.29, 0.717) is 13.2 Å². The van der Waals surface area contributed by atoms with Gasteiger partial charge in [-0.1, -0.05) is 26.7 Å². The van der Waals surface area contributed by atoms with Crippen molar-refractivity contribution in [2.24, 2.45) is 5.41 Å². The first kappa shape index (κ1) is 24.8. The summed E-state index contributed by atoms with van der Waals surface area (Å²) in [5, 5.41) is 16.4. The van der Waals surface area contributed by atoms with Crippen molar-refractivity contribution in [2.75, 3.05) is 26.4 Å². The van der Waals surface area contributed by atoms with Crippen LogP contribution in [0.15, 0.2) is 0 Å². The van der Waals surface area contributed by atoms with Crippen LogP contribution in [-0.2, 0) is 29.2 Å². The predicted molar refractivity (Wildman–Crippen MR) is 93.7 cm³/mol. The van der Waals surface area contributed by atoms with E-state index < -0.39 is 32.7 Å². The molecule has 0 radical (unpaired) electrons. The van der Waals surface area contributed by atoms with Gasteiger partial charge in [0.25, 0.3) is 10.1 Å². The molecular formula is C16H30O9S. The molecule has 0 aliphatic carbocycles. The molecule has 0 aromatic carbocycles. The Morgan fingerprint density at radius 3 is 1.62 bits per heavy atom. The summed E-state index contributed by atoms with van der Waals surface area (Å²) >= 11 is 0. The van der Waals surface area contributed by atoms with E-state index in [1.54, 1.807) is 0 Å². The minimum atomic E-state index is -5.15. The first-order valence-corrected chi connectivity index (χ1v) is 10.2. The number of hydrogen-bond donors (Lipinski definition) is 3. The SMILES string of the molecule is CCCCOCCC(CCOCCCC)(C(=O)O)C(C(=O)O)S(=O)(=O)O. The molecule has 1 atom stereocenters. The van der Waals surface area contributed by atoms with Gasteiger partial charge in [-0.2, -0.15) is 8.42 Å². The fraction of sp³-hybridized carbons (Fsp3) is 0.875. The maximum atomic E-state index is 11.9. The number of aliphatic carboxylic acids is 2. The van der Waals surface area contributed by atoms with Crippen molar-refractivity contribution in [1.29, 1.82) is 0 Å². The number of carboxylic acids is 2. The Morgan fingerprint density at radius 1 is 0.923 bits per heavy atom. The molecule has 3 N–H and O–H groups in total. The third kappa shape index (κ3) is 7.98. The van der Waals surface area contributed by atoms with Crippen LogP contribution in [0.3, 0.4) is 0 Å². The van der Waals surface area contributed by atoms with Crippen LogP contribution in [0.4, 0.5) is 0 Å². The second-order valence-corrected chi connectivity index (χ2v) is 7.63. The molecule has 0 saturated heterocycles. The van der Waals surface area contributed by atoms with Crippen LogP contribution in [-0.4, -0.2) is 66.8 Å². The Kier molecular flexibility index (Phi) is 11.6. The molecule has 0 aromatic heterocycles. The maximum Gasteiger partial charge on any atom is 0.325 e. The van der Waals surface area contributed by atoms with Gasteiger partial charge in [0, 0.05) is 26.4 Å². The Balaban J connectivity index is 5.46. The van der Waals surface area contributed by atoms with Crippen LogP contribution < -0.4 is 0 Å². The summed E-state index contributed by atoms with van der Waals surface area (Å²) in [4.78, 5) is 23.4. The van der Waals surface area contributed by atoms with Gasteiger partial charge in [0.05, 0.1) is 0 Å². The largest absolute Gasteiger partial charge is 0.481 e. The Morgan fingerprint density at radius 2 is 1.35 bits per heavy atom. The average molecular weight is 398 g/mol. The highest BCUT2D eigenvalue weighted by Crippen LogP contribution is 2.36. The van der Waals surface area contributed by atoms with Gasteiger partial charge in [0.2, 0.25) is 0 Å². The highest BCUT2D eigenvalue weighted by atomic mass is 32.2. The van der Waals surface area contributed by atoms with Crippen LogP contribution in [0.2, 0.25) is 0 Å². The number of rotatable bonds is 16. The van der Waals surface area contributed by atoms with Crippen molar-refractivity contribution in [3.05, 3.63) is 0 Å². The lowest BCUT2D eigenvalue weighted by Crippen LogP contribution is -2.52. The third-order valence-corrected chi connectivity index (χ3v) is 5.37. The number of hydrogen-bond acceptors (Lipinski definition) is 6. The molecule has 1 unspecified atom stereocenters. The molecule has 26 heavy (non-hydrogen) atoms. The summed E-state index contributed by atoms with van der Waals surface area (Å²) in [6, 6.07) is 0. The first-order valence-electron chi connectivity index (χ1n) is 8.71. The van der Waals surface area contributed by atoms with Gasteiger partial charge in [-0.3, -0.25) is 14.1 Å². The quantitative estimate of drug-likeness (QED) is 0.261. The van der Waals surface area contributed by atoms with Crippen molar-refractivity contribution in [2.45, 2.75) is 57.6 Å². The fourth-order valence-electron chi connectivity index (χ4n) is 2.57. The summed E-state index contributed by atoms with van der Waals surface area (Å²) in [6.07, 6.45) is 2.44. The number of unbranched alkanes of at least 4 members (excludes halogenated alkanes) is 2. The zero-order valence-electron chi connectivity index (χ0n) is 15.3. The van der Waals surface area contributed by atoms with Crippen molar-refractivity contribution < 1.29 is 42.2 Å². The smallest absolute Gasteiger partial charge is 0.325 e. The molecule has 154 valence electrons. The molecule has 0 aliphatic rings. The summed E-state index contributed by atoms with van der Waals surface area (Å²) in [5.74, 6) is -3.54. The average Bonchev–Trinajstić information content (AvgIpc) is 2.52. The Labute approximate surface area is 154 Å². The predicted octanol–water partition coefficient (Wildman–Crippen LogP) is 1.81. The van der Waals surface area contributed by atoms with E-state index in [-0.39, 0.29) is 26.1 Å². The van der Waals surface area contributed by atoms with Crippen molar-refractivity contribution in [1.82, 2.24) is 0 Å². The molecule has 0 heterocycles. The molecule has 0 amide bonds. The van der Waals surface area contributed by atoms with E-state index in [1.807, 2.05) is 13.8 Å². The molecule has 0 spiro atoms. The van der Waals surface area contributed by atoms with Crippen molar-refractivity contribution in [3.63, 3.8) is 0 Å². The van der Waals surface area contributed by atoms with E-state index in [1.165, 1.54) is 0 Å². The van der Waals surface area contributed by atoms with E-state index in [9.17, 15) is 32.8 Å². The summed E-state index contributed by atoms with van der Waals surface area (Å²) in [5.41, 5.74) is -2.25. The van der Waals surface area contributed by atoms with E-state index in [0.717, 1.165) is 25.7 Å². The van der Waals surface area contributed by atoms with E-state index in [2.05, 4.69) is 0 Å². The van der Waals surface area contributed by atoms with Gasteiger partial charge in [0.15, 0.2) is 5.25 Å². The topological polar surface area (TPSA) is 147 Å². The minimum Gasteiger partial charge on any atom is -0.481 e. The molecule has 9 nitrogen and oxygen atoms in total. The van der Waals surface area contributed by atoms with Crippen LogP contribution in [0, 0.1) is 5.41 Å². The van der Waals surface area contributed by atoms with Crippen LogP contribution in [0.25, 0.3) is 0 Å². The monoisotopic (exact) mass is 398 g/mol. The van der Waals surface area contributed by atoms with Crippen LogP contribution >= 0.6 is 0 Å². The van der Waals surface area contributed by atoms with E-state index in [4.69, 9.17) is 9.47 Å². The van der Waals surface area contributed by atoms with Crippen LogP contribution in [0.1, 0.15) is 52.4 Å². The molecule has 0 aliphatic heterocycles. The lowest BCUT2D eigenvalue weighted by atomic mass is 9.78. The van der Waals surface area contributed by atoms with Gasteiger partial charge in [-0.05, 0) is 25.7 Å². The number of carbonyl (C=O) groups is 2. The third-order valence-electron chi connectivity index (χ3n) is 4.12. The second kappa shape index (κ2) is 12.2. The zero-order chi connectivity index (χ0) is 20.2. The Bertz CT molecular complexity index is 516. The zero-order valence-corrected chi connectivity index (χ0v) is 16.2. The molecule has 0 rings (SSSR count). The molecule has 10 heteroatoms. The van der Waals surface area contributed by atoms with Crippen molar-refractivity contribution in [3.8, 4) is 0 Å². The number of ether oxygens (including phenoxy) is 2. The highest BCUT2D eigenvalue weighted by molar-refractivity contribution is 7.87. The maximum absolute atomic E-state index is 11.9. The molecular weight excluding hydrogens is 368 g/mol. The summed E-state index contributed by atoms with van der Waals surface area (Å²) < 4.78 is 43.2. The minimum absolute atomic E-state index is 0.138. The fourth-order valence-corrected chi connectivity index (χ4v) is 3.73. The normalized spacial score (nSPS) is 13.5. The summed E-state index contributed by atoms with van der Waals surface area (Å²) in [7, 11) is -5.15.